The molecule has 7 heavy (non-hydrogen) atoms. The Kier molecular flexibility index (Phi) is 4.04. The molecule has 3 heteroatoms. The minimum absolute atomic E-state index is 0.146. The van der Waals surface area contributed by atoms with E-state index in [1.54, 1.807) is 0 Å². The van der Waals surface area contributed by atoms with Crippen LogP contribution in [0.5, 0.6) is 0 Å². The molecule has 0 fully saturated rings. The average molecular weight is 123 g/mol. The number of aldehydes is 1. The molecule has 0 radical (unpaired) electrons. The highest BCUT2D eigenvalue weighted by molar-refractivity contribution is 6.18. The van der Waals surface area contributed by atoms with Crippen LogP contribution in [0.1, 0.15) is 0 Å². The summed E-state index contributed by atoms with van der Waals surface area (Å²) >= 11 is 5.18. The van der Waals surface area contributed by atoms with E-state index < -0.39 is 0 Å². The molecule has 0 spiro atoms. The van der Waals surface area contributed by atoms with Gasteiger partial charge in [-0.2, -0.15) is 0 Å². The molecule has 1 atom stereocenters. The van der Waals surface area contributed by atoms with Gasteiger partial charge in [0, 0.05) is 5.88 Å². The van der Waals surface area contributed by atoms with Crippen LogP contribution in [0.2, 0.25) is 0 Å². The Bertz CT molecular complexity index is 51.7. The Labute approximate surface area is 47.1 Å². The van der Waals surface area contributed by atoms with Gasteiger partial charge in [-0.3, -0.25) is 0 Å². The van der Waals surface area contributed by atoms with Gasteiger partial charge in [0.2, 0.25) is 0 Å². The minimum Gasteiger partial charge on any atom is -0.396 e. The number of rotatable bonds is 3. The van der Waals surface area contributed by atoms with Gasteiger partial charge in [0.15, 0.2) is 0 Å². The van der Waals surface area contributed by atoms with Crippen LogP contribution in [0.25, 0.3) is 0 Å². The summed E-state index contributed by atoms with van der Waals surface area (Å²) in [5.41, 5.74) is 0. The molecule has 0 amide bonds. The second-order valence-electron chi connectivity index (χ2n) is 1.23. The highest BCUT2D eigenvalue weighted by Crippen LogP contribution is 1.91. The van der Waals surface area contributed by atoms with E-state index in [1.165, 1.54) is 0 Å². The number of carbonyl (C=O) groups excluding carboxylic acids is 1. The molecule has 0 aliphatic carbocycles. The van der Waals surface area contributed by atoms with Crippen LogP contribution in [0, 0.1) is 5.92 Å². The molecule has 0 saturated carbocycles. The molecule has 0 aliphatic heterocycles. The number of alkyl halides is 1. The Hall–Kier alpha value is -0.0800. The van der Waals surface area contributed by atoms with E-state index in [0.717, 1.165) is 0 Å². The fourth-order valence-corrected chi connectivity index (χ4v) is 0.299. The fraction of sp³-hybridized carbons (Fsp3) is 0.750. The van der Waals surface area contributed by atoms with E-state index in [2.05, 4.69) is 0 Å². The van der Waals surface area contributed by atoms with E-state index in [0.29, 0.717) is 6.29 Å². The Morgan fingerprint density at radius 2 is 2.43 bits per heavy atom. The van der Waals surface area contributed by atoms with Gasteiger partial charge in [-0.15, -0.1) is 11.6 Å². The van der Waals surface area contributed by atoms with Gasteiger partial charge in [-0.1, -0.05) is 0 Å². The predicted molar refractivity (Wildman–Crippen MR) is 27.4 cm³/mol. The SMILES string of the molecule is O=CC(CO)CCl. The van der Waals surface area contributed by atoms with Crippen LogP contribution in [0.15, 0.2) is 0 Å². The lowest BCUT2D eigenvalue weighted by atomic mass is 10.2. The number of carbonyl (C=O) groups is 1. The first-order chi connectivity index (χ1) is 3.35. The van der Waals surface area contributed by atoms with Crippen LogP contribution < -0.4 is 0 Å². The third-order valence-electron chi connectivity index (χ3n) is 0.625. The summed E-state index contributed by atoms with van der Waals surface area (Å²) in [6, 6.07) is 0. The molecule has 0 aromatic carbocycles. The van der Waals surface area contributed by atoms with E-state index >= 15 is 0 Å². The number of hydrogen-bond acceptors (Lipinski definition) is 2. The van der Waals surface area contributed by atoms with Crippen molar-refractivity contribution >= 4 is 17.9 Å². The topological polar surface area (TPSA) is 37.3 Å². The molecule has 0 bridgehead atoms. The summed E-state index contributed by atoms with van der Waals surface area (Å²) in [5, 5.41) is 8.21. The Morgan fingerprint density at radius 1 is 1.86 bits per heavy atom. The largest absolute Gasteiger partial charge is 0.396 e. The zero-order chi connectivity index (χ0) is 5.70. The molecule has 0 aliphatic rings. The Balaban J connectivity index is 3.16. The van der Waals surface area contributed by atoms with Gasteiger partial charge in [0.1, 0.15) is 6.29 Å². The molecule has 2 nitrogen and oxygen atoms in total. The first kappa shape index (κ1) is 6.92. The highest BCUT2D eigenvalue weighted by Gasteiger charge is 1.99. The zero-order valence-corrected chi connectivity index (χ0v) is 4.56. The van der Waals surface area contributed by atoms with Gasteiger partial charge in [-0.05, 0) is 0 Å². The maximum absolute atomic E-state index is 9.72. The van der Waals surface area contributed by atoms with Crippen LogP contribution >= 0.6 is 11.6 Å². The molecule has 42 valence electrons. The van der Waals surface area contributed by atoms with E-state index in [1.807, 2.05) is 0 Å². The minimum atomic E-state index is -0.373. The molecule has 0 aromatic heterocycles. The van der Waals surface area contributed by atoms with Crippen molar-refractivity contribution < 1.29 is 9.90 Å². The number of halogens is 1. The van der Waals surface area contributed by atoms with Crippen molar-refractivity contribution in [3.05, 3.63) is 0 Å². The standard InChI is InChI=1S/C4H7ClO2/c5-1-4(2-6)3-7/h2,4,7H,1,3H2. The third kappa shape index (κ3) is 2.60. The molecular weight excluding hydrogens is 115 g/mol. The second kappa shape index (κ2) is 4.09. The van der Waals surface area contributed by atoms with E-state index in [-0.39, 0.29) is 18.4 Å². The lowest BCUT2D eigenvalue weighted by Gasteiger charge is -1.95. The summed E-state index contributed by atoms with van der Waals surface area (Å²) in [4.78, 5) is 9.72. The molecule has 1 N–H and O–H groups in total. The van der Waals surface area contributed by atoms with Crippen molar-refractivity contribution in [3.63, 3.8) is 0 Å². The molecule has 0 rings (SSSR count). The second-order valence-corrected chi connectivity index (χ2v) is 1.54. The van der Waals surface area contributed by atoms with Crippen LogP contribution in [-0.4, -0.2) is 23.9 Å². The van der Waals surface area contributed by atoms with Crippen molar-refractivity contribution in [2.45, 2.75) is 0 Å². The number of hydrogen-bond donors (Lipinski definition) is 1. The summed E-state index contributed by atoms with van der Waals surface area (Å²) in [7, 11) is 0. The lowest BCUT2D eigenvalue weighted by molar-refractivity contribution is -0.111. The lowest BCUT2D eigenvalue weighted by Crippen LogP contribution is -2.07. The number of aliphatic hydroxyl groups is 1. The Morgan fingerprint density at radius 3 is 2.43 bits per heavy atom. The first-order valence-electron chi connectivity index (χ1n) is 1.97. The quantitative estimate of drug-likeness (QED) is 0.424. The molecule has 1 unspecified atom stereocenters. The maximum atomic E-state index is 9.72. The van der Waals surface area contributed by atoms with E-state index in [9.17, 15) is 4.79 Å². The summed E-state index contributed by atoms with van der Waals surface area (Å²) in [5.74, 6) is -0.165. The normalized spacial score (nSPS) is 13.4. The zero-order valence-electron chi connectivity index (χ0n) is 3.80. The number of aliphatic hydroxyl groups excluding tert-OH is 1. The van der Waals surface area contributed by atoms with Gasteiger partial charge >= 0.3 is 0 Å². The van der Waals surface area contributed by atoms with Crippen LogP contribution in [-0.2, 0) is 4.79 Å². The van der Waals surface area contributed by atoms with Crippen molar-refractivity contribution in [2.75, 3.05) is 12.5 Å². The predicted octanol–water partition coefficient (Wildman–Crippen LogP) is 0.0326. The van der Waals surface area contributed by atoms with Crippen molar-refractivity contribution in [3.8, 4) is 0 Å². The molecule has 0 heterocycles. The van der Waals surface area contributed by atoms with Crippen LogP contribution in [0.4, 0.5) is 0 Å². The van der Waals surface area contributed by atoms with Gasteiger partial charge in [0.05, 0.1) is 12.5 Å². The summed E-state index contributed by atoms with van der Waals surface area (Å²) in [6.45, 7) is -0.146. The van der Waals surface area contributed by atoms with E-state index in [4.69, 9.17) is 16.7 Å². The molecule has 0 aromatic rings. The van der Waals surface area contributed by atoms with Crippen molar-refractivity contribution in [1.82, 2.24) is 0 Å². The fourth-order valence-electron chi connectivity index (χ4n) is 0.128. The smallest absolute Gasteiger partial charge is 0.126 e. The monoisotopic (exact) mass is 122 g/mol. The molecule has 0 saturated heterocycles. The summed E-state index contributed by atoms with van der Waals surface area (Å²) < 4.78 is 0. The molecular formula is C4H7ClO2. The maximum Gasteiger partial charge on any atom is 0.126 e. The summed E-state index contributed by atoms with van der Waals surface area (Å²) in [6.07, 6.45) is 0.646. The van der Waals surface area contributed by atoms with Crippen LogP contribution in [0.3, 0.4) is 0 Å². The average Bonchev–Trinajstić information content (AvgIpc) is 1.72. The first-order valence-corrected chi connectivity index (χ1v) is 2.50. The third-order valence-corrected chi connectivity index (χ3v) is 1.02. The van der Waals surface area contributed by atoms with Crippen molar-refractivity contribution in [2.24, 2.45) is 5.92 Å². The van der Waals surface area contributed by atoms with Gasteiger partial charge < -0.3 is 9.90 Å². The van der Waals surface area contributed by atoms with Gasteiger partial charge in [0.25, 0.3) is 0 Å². The van der Waals surface area contributed by atoms with Gasteiger partial charge in [-0.25, -0.2) is 0 Å². The highest BCUT2D eigenvalue weighted by atomic mass is 35.5. The van der Waals surface area contributed by atoms with Crippen molar-refractivity contribution in [1.29, 1.82) is 0 Å².